The van der Waals surface area contributed by atoms with Gasteiger partial charge in [-0.15, -0.1) is 0 Å². The Morgan fingerprint density at radius 2 is 2.05 bits per heavy atom. The number of benzene rings is 1. The SMILES string of the molecule is O=C(O)c1cc(NC2CC2)nc(-c2ccccc2Cl)n1. The summed E-state index contributed by atoms with van der Waals surface area (Å²) in [7, 11) is 0. The largest absolute Gasteiger partial charge is 0.477 e. The van der Waals surface area contributed by atoms with Crippen LogP contribution in [0.5, 0.6) is 0 Å². The van der Waals surface area contributed by atoms with Crippen LogP contribution in [0.2, 0.25) is 5.02 Å². The maximum atomic E-state index is 11.2. The minimum atomic E-state index is -1.08. The predicted octanol–water partition coefficient (Wildman–Crippen LogP) is 3.07. The number of aromatic carboxylic acids is 1. The lowest BCUT2D eigenvalue weighted by Crippen LogP contribution is -2.09. The minimum Gasteiger partial charge on any atom is -0.477 e. The molecule has 1 saturated carbocycles. The Morgan fingerprint density at radius 3 is 2.70 bits per heavy atom. The minimum absolute atomic E-state index is 0.0435. The molecule has 2 aromatic rings. The van der Waals surface area contributed by atoms with Gasteiger partial charge in [-0.3, -0.25) is 0 Å². The van der Waals surface area contributed by atoms with E-state index in [1.165, 1.54) is 6.07 Å². The first-order valence-corrected chi connectivity index (χ1v) is 6.65. The summed E-state index contributed by atoms with van der Waals surface area (Å²) in [6.07, 6.45) is 2.15. The topological polar surface area (TPSA) is 75.1 Å². The number of rotatable bonds is 4. The van der Waals surface area contributed by atoms with Gasteiger partial charge in [-0.25, -0.2) is 14.8 Å². The molecule has 0 atom stereocenters. The molecule has 0 amide bonds. The van der Waals surface area contributed by atoms with E-state index in [1.807, 2.05) is 6.07 Å². The van der Waals surface area contributed by atoms with Crippen LogP contribution in [0, 0.1) is 0 Å². The van der Waals surface area contributed by atoms with E-state index in [9.17, 15) is 4.79 Å². The van der Waals surface area contributed by atoms with Gasteiger partial charge in [0.15, 0.2) is 11.5 Å². The molecule has 0 bridgehead atoms. The van der Waals surface area contributed by atoms with E-state index in [0.29, 0.717) is 28.3 Å². The molecule has 2 N–H and O–H groups in total. The first-order chi connectivity index (χ1) is 9.63. The zero-order valence-electron chi connectivity index (χ0n) is 10.5. The smallest absolute Gasteiger partial charge is 0.354 e. The fraction of sp³-hybridized carbons (Fsp3) is 0.214. The van der Waals surface area contributed by atoms with Crippen molar-refractivity contribution in [2.24, 2.45) is 0 Å². The summed E-state index contributed by atoms with van der Waals surface area (Å²) in [4.78, 5) is 19.6. The summed E-state index contributed by atoms with van der Waals surface area (Å²) in [6, 6.07) is 8.93. The van der Waals surface area contributed by atoms with Crippen molar-refractivity contribution in [1.82, 2.24) is 9.97 Å². The highest BCUT2D eigenvalue weighted by atomic mass is 35.5. The van der Waals surface area contributed by atoms with E-state index >= 15 is 0 Å². The van der Waals surface area contributed by atoms with Crippen molar-refractivity contribution in [2.45, 2.75) is 18.9 Å². The molecular weight excluding hydrogens is 278 g/mol. The molecule has 0 saturated heterocycles. The molecule has 1 aromatic carbocycles. The normalized spacial score (nSPS) is 14.1. The summed E-state index contributed by atoms with van der Waals surface area (Å²) in [6.45, 7) is 0. The van der Waals surface area contributed by atoms with Crippen molar-refractivity contribution in [3.05, 3.63) is 41.0 Å². The number of anilines is 1. The van der Waals surface area contributed by atoms with Crippen LogP contribution in [0.4, 0.5) is 5.82 Å². The van der Waals surface area contributed by atoms with E-state index in [0.717, 1.165) is 12.8 Å². The van der Waals surface area contributed by atoms with Gasteiger partial charge in [0, 0.05) is 17.7 Å². The summed E-state index contributed by atoms with van der Waals surface area (Å²) >= 11 is 6.11. The quantitative estimate of drug-likeness (QED) is 0.905. The monoisotopic (exact) mass is 289 g/mol. The summed E-state index contributed by atoms with van der Waals surface area (Å²) in [5.41, 5.74) is 0.578. The molecule has 1 fully saturated rings. The van der Waals surface area contributed by atoms with Gasteiger partial charge in [-0.1, -0.05) is 23.7 Å². The third-order valence-electron chi connectivity index (χ3n) is 2.99. The molecular formula is C14H12ClN3O2. The molecule has 0 spiro atoms. The van der Waals surface area contributed by atoms with Crippen LogP contribution >= 0.6 is 11.6 Å². The second-order valence-corrected chi connectivity index (χ2v) is 5.07. The number of hydrogen-bond acceptors (Lipinski definition) is 4. The van der Waals surface area contributed by atoms with Crippen molar-refractivity contribution in [3.8, 4) is 11.4 Å². The van der Waals surface area contributed by atoms with Crippen LogP contribution in [0.1, 0.15) is 23.3 Å². The summed E-state index contributed by atoms with van der Waals surface area (Å²) < 4.78 is 0. The van der Waals surface area contributed by atoms with Crippen LogP contribution in [0.3, 0.4) is 0 Å². The maximum absolute atomic E-state index is 11.2. The van der Waals surface area contributed by atoms with Crippen molar-refractivity contribution in [2.75, 3.05) is 5.32 Å². The number of carboxylic acids is 1. The van der Waals surface area contributed by atoms with E-state index in [4.69, 9.17) is 16.7 Å². The Morgan fingerprint density at radius 1 is 1.30 bits per heavy atom. The van der Waals surface area contributed by atoms with Gasteiger partial charge in [0.1, 0.15) is 5.82 Å². The first-order valence-electron chi connectivity index (χ1n) is 6.27. The van der Waals surface area contributed by atoms with Gasteiger partial charge < -0.3 is 10.4 Å². The average molecular weight is 290 g/mol. The molecule has 1 aromatic heterocycles. The number of carboxylic acid groups (broad SMARTS) is 1. The Kier molecular flexibility index (Phi) is 3.28. The molecule has 20 heavy (non-hydrogen) atoms. The fourth-order valence-electron chi connectivity index (χ4n) is 1.83. The number of hydrogen-bond donors (Lipinski definition) is 2. The zero-order valence-corrected chi connectivity index (χ0v) is 11.3. The molecule has 102 valence electrons. The molecule has 1 heterocycles. The van der Waals surface area contributed by atoms with Gasteiger partial charge in [-0.2, -0.15) is 0 Å². The van der Waals surface area contributed by atoms with Gasteiger partial charge in [0.25, 0.3) is 0 Å². The second-order valence-electron chi connectivity index (χ2n) is 4.67. The van der Waals surface area contributed by atoms with Crippen molar-refractivity contribution < 1.29 is 9.90 Å². The zero-order chi connectivity index (χ0) is 14.1. The highest BCUT2D eigenvalue weighted by Crippen LogP contribution is 2.28. The van der Waals surface area contributed by atoms with Gasteiger partial charge >= 0.3 is 5.97 Å². The molecule has 0 radical (unpaired) electrons. The van der Waals surface area contributed by atoms with Crippen molar-refractivity contribution in [3.63, 3.8) is 0 Å². The summed E-state index contributed by atoms with van der Waals surface area (Å²) in [5, 5.41) is 12.8. The number of nitrogens with zero attached hydrogens (tertiary/aromatic N) is 2. The van der Waals surface area contributed by atoms with E-state index in [-0.39, 0.29) is 5.69 Å². The molecule has 1 aliphatic rings. The van der Waals surface area contributed by atoms with E-state index in [1.54, 1.807) is 18.2 Å². The first kappa shape index (κ1) is 12.9. The van der Waals surface area contributed by atoms with E-state index in [2.05, 4.69) is 15.3 Å². The van der Waals surface area contributed by atoms with Crippen molar-refractivity contribution >= 4 is 23.4 Å². The van der Waals surface area contributed by atoms with Crippen LogP contribution in [-0.2, 0) is 0 Å². The van der Waals surface area contributed by atoms with Gasteiger partial charge in [-0.05, 0) is 25.0 Å². The third kappa shape index (κ3) is 2.72. The summed E-state index contributed by atoms with van der Waals surface area (Å²) in [5.74, 6) is -0.243. The molecule has 3 rings (SSSR count). The Bertz CT molecular complexity index is 671. The number of halogens is 1. The maximum Gasteiger partial charge on any atom is 0.354 e. The predicted molar refractivity (Wildman–Crippen MR) is 76.1 cm³/mol. The molecule has 5 nitrogen and oxygen atoms in total. The van der Waals surface area contributed by atoms with Gasteiger partial charge in [0.2, 0.25) is 0 Å². The lowest BCUT2D eigenvalue weighted by Gasteiger charge is -2.08. The second kappa shape index (κ2) is 5.09. The number of nitrogens with one attached hydrogen (secondary N) is 1. The highest BCUT2D eigenvalue weighted by molar-refractivity contribution is 6.33. The molecule has 0 aliphatic heterocycles. The van der Waals surface area contributed by atoms with Crippen LogP contribution in [-0.4, -0.2) is 27.1 Å². The van der Waals surface area contributed by atoms with Crippen molar-refractivity contribution in [1.29, 1.82) is 0 Å². The lowest BCUT2D eigenvalue weighted by atomic mass is 10.2. The molecule has 0 unspecified atom stereocenters. The molecule has 1 aliphatic carbocycles. The Hall–Kier alpha value is -2.14. The fourth-order valence-corrected chi connectivity index (χ4v) is 2.05. The number of carbonyl (C=O) groups is 1. The standard InChI is InChI=1S/C14H12ClN3O2/c15-10-4-2-1-3-9(10)13-17-11(14(19)20)7-12(18-13)16-8-5-6-8/h1-4,7-8H,5-6H2,(H,19,20)(H,16,17,18). The Balaban J connectivity index is 2.06. The van der Waals surface area contributed by atoms with Crippen LogP contribution < -0.4 is 5.32 Å². The average Bonchev–Trinajstić information content (AvgIpc) is 3.22. The Labute approximate surface area is 120 Å². The molecule has 6 heteroatoms. The third-order valence-corrected chi connectivity index (χ3v) is 3.32. The number of aromatic nitrogens is 2. The van der Waals surface area contributed by atoms with Crippen LogP contribution in [0.15, 0.2) is 30.3 Å². The van der Waals surface area contributed by atoms with E-state index < -0.39 is 5.97 Å². The van der Waals surface area contributed by atoms with Crippen LogP contribution in [0.25, 0.3) is 11.4 Å². The highest BCUT2D eigenvalue weighted by Gasteiger charge is 2.22. The van der Waals surface area contributed by atoms with Gasteiger partial charge in [0.05, 0.1) is 5.02 Å². The lowest BCUT2D eigenvalue weighted by molar-refractivity contribution is 0.0690.